The number of methoxy groups -OCH3 is 2. The first-order valence-corrected chi connectivity index (χ1v) is 8.58. The SMILES string of the molecule is COc1cc(Nc2ccc3ncn(-c4cnn(C)c4)c(=O)c3c2)cc(OC)c1. The lowest BCUT2D eigenvalue weighted by Gasteiger charge is -2.11. The van der Waals surface area contributed by atoms with Gasteiger partial charge in [0.1, 0.15) is 17.8 Å². The van der Waals surface area contributed by atoms with Gasteiger partial charge in [0.15, 0.2) is 0 Å². The van der Waals surface area contributed by atoms with Gasteiger partial charge < -0.3 is 14.8 Å². The fourth-order valence-corrected chi connectivity index (χ4v) is 2.96. The minimum atomic E-state index is -0.162. The van der Waals surface area contributed by atoms with Crippen LogP contribution in [-0.4, -0.2) is 33.6 Å². The number of hydrogen-bond donors (Lipinski definition) is 1. The van der Waals surface area contributed by atoms with Crippen LogP contribution >= 0.6 is 0 Å². The van der Waals surface area contributed by atoms with Crippen LogP contribution in [0.25, 0.3) is 16.6 Å². The Morgan fingerprint density at radius 1 is 1.00 bits per heavy atom. The summed E-state index contributed by atoms with van der Waals surface area (Å²) in [6.45, 7) is 0. The van der Waals surface area contributed by atoms with Gasteiger partial charge in [-0.2, -0.15) is 5.10 Å². The van der Waals surface area contributed by atoms with Crippen LogP contribution in [0.1, 0.15) is 0 Å². The standard InChI is InChI=1S/C20H19N5O3/c1-24-11-15(10-22-24)25-12-21-19-5-4-13(8-18(19)20(25)26)23-14-6-16(27-2)9-17(7-14)28-3/h4-12,23H,1-3H3. The van der Waals surface area contributed by atoms with Crippen LogP contribution in [0.15, 0.2) is 59.9 Å². The van der Waals surface area contributed by atoms with Crippen LogP contribution < -0.4 is 20.3 Å². The fourth-order valence-electron chi connectivity index (χ4n) is 2.96. The van der Waals surface area contributed by atoms with E-state index in [0.717, 1.165) is 11.4 Å². The highest BCUT2D eigenvalue weighted by molar-refractivity contribution is 5.83. The molecule has 28 heavy (non-hydrogen) atoms. The molecule has 0 atom stereocenters. The molecule has 0 unspecified atom stereocenters. The Balaban J connectivity index is 1.75. The highest BCUT2D eigenvalue weighted by atomic mass is 16.5. The topological polar surface area (TPSA) is 83.2 Å². The Morgan fingerprint density at radius 3 is 2.39 bits per heavy atom. The van der Waals surface area contributed by atoms with E-state index in [1.54, 1.807) is 50.5 Å². The smallest absolute Gasteiger partial charge is 0.265 e. The van der Waals surface area contributed by atoms with E-state index in [9.17, 15) is 4.79 Å². The summed E-state index contributed by atoms with van der Waals surface area (Å²) in [5.41, 5.74) is 2.67. The average molecular weight is 377 g/mol. The van der Waals surface area contributed by atoms with Crippen LogP contribution in [0.5, 0.6) is 11.5 Å². The average Bonchev–Trinajstić information content (AvgIpc) is 3.14. The molecule has 0 amide bonds. The van der Waals surface area contributed by atoms with E-state index in [2.05, 4.69) is 15.4 Å². The number of hydrogen-bond acceptors (Lipinski definition) is 6. The van der Waals surface area contributed by atoms with Crippen molar-refractivity contribution >= 4 is 22.3 Å². The zero-order valence-electron chi connectivity index (χ0n) is 15.7. The molecule has 0 spiro atoms. The second kappa shape index (κ2) is 7.07. The number of aromatic nitrogens is 4. The Hall–Kier alpha value is -3.81. The summed E-state index contributed by atoms with van der Waals surface area (Å²) in [4.78, 5) is 17.4. The maximum absolute atomic E-state index is 13.0. The minimum absolute atomic E-state index is 0.162. The summed E-state index contributed by atoms with van der Waals surface area (Å²) in [5, 5.41) is 7.90. The highest BCUT2D eigenvalue weighted by Crippen LogP contribution is 2.28. The number of benzene rings is 2. The lowest BCUT2D eigenvalue weighted by Crippen LogP contribution is -2.18. The van der Waals surface area contributed by atoms with E-state index < -0.39 is 0 Å². The molecular formula is C20H19N5O3. The van der Waals surface area contributed by atoms with E-state index in [0.29, 0.717) is 28.1 Å². The molecule has 2 aromatic carbocycles. The molecule has 8 heteroatoms. The lowest BCUT2D eigenvalue weighted by atomic mass is 10.2. The molecule has 142 valence electrons. The number of anilines is 2. The summed E-state index contributed by atoms with van der Waals surface area (Å²) in [6, 6.07) is 11.0. The quantitative estimate of drug-likeness (QED) is 0.576. The largest absolute Gasteiger partial charge is 0.497 e. The van der Waals surface area contributed by atoms with Crippen molar-refractivity contribution in [3.8, 4) is 17.2 Å². The molecule has 0 radical (unpaired) electrons. The predicted molar refractivity (Wildman–Crippen MR) is 107 cm³/mol. The summed E-state index contributed by atoms with van der Waals surface area (Å²) < 4.78 is 13.7. The number of aryl methyl sites for hydroxylation is 1. The molecule has 0 bridgehead atoms. The van der Waals surface area contributed by atoms with Gasteiger partial charge >= 0.3 is 0 Å². The van der Waals surface area contributed by atoms with Crippen LogP contribution in [0.2, 0.25) is 0 Å². The summed E-state index contributed by atoms with van der Waals surface area (Å²) >= 11 is 0. The van der Waals surface area contributed by atoms with Crippen molar-refractivity contribution in [3.05, 3.63) is 65.5 Å². The Labute approximate surface area is 161 Å². The molecule has 4 rings (SSSR count). The maximum Gasteiger partial charge on any atom is 0.265 e. The summed E-state index contributed by atoms with van der Waals surface area (Å²) in [5.74, 6) is 1.34. The fraction of sp³-hybridized carbons (Fsp3) is 0.150. The molecule has 2 aromatic heterocycles. The Morgan fingerprint density at radius 2 is 1.75 bits per heavy atom. The first-order chi connectivity index (χ1) is 13.6. The van der Waals surface area contributed by atoms with Crippen LogP contribution in [0.3, 0.4) is 0 Å². The van der Waals surface area contributed by atoms with Crippen molar-refractivity contribution < 1.29 is 9.47 Å². The number of nitrogens with one attached hydrogen (secondary N) is 1. The third kappa shape index (κ3) is 3.27. The third-order valence-electron chi connectivity index (χ3n) is 4.37. The highest BCUT2D eigenvalue weighted by Gasteiger charge is 2.09. The van der Waals surface area contributed by atoms with Crippen LogP contribution in [0, 0.1) is 0 Å². The Kier molecular flexibility index (Phi) is 4.44. The zero-order chi connectivity index (χ0) is 19.7. The van der Waals surface area contributed by atoms with Crippen molar-refractivity contribution in [1.29, 1.82) is 0 Å². The monoisotopic (exact) mass is 377 g/mol. The number of rotatable bonds is 5. The van der Waals surface area contributed by atoms with E-state index >= 15 is 0 Å². The predicted octanol–water partition coefficient (Wildman–Crippen LogP) is 2.88. The second-order valence-electron chi connectivity index (χ2n) is 6.25. The summed E-state index contributed by atoms with van der Waals surface area (Å²) in [7, 11) is 5.00. The van der Waals surface area contributed by atoms with E-state index in [-0.39, 0.29) is 5.56 Å². The van der Waals surface area contributed by atoms with E-state index in [1.165, 1.54) is 10.9 Å². The molecule has 8 nitrogen and oxygen atoms in total. The number of ether oxygens (including phenoxy) is 2. The van der Waals surface area contributed by atoms with Gasteiger partial charge in [-0.05, 0) is 18.2 Å². The summed E-state index contributed by atoms with van der Waals surface area (Å²) in [6.07, 6.45) is 4.90. The van der Waals surface area contributed by atoms with Gasteiger partial charge in [-0.1, -0.05) is 0 Å². The first kappa shape index (κ1) is 17.6. The van der Waals surface area contributed by atoms with Crippen LogP contribution in [0.4, 0.5) is 11.4 Å². The van der Waals surface area contributed by atoms with Crippen molar-refractivity contribution in [2.24, 2.45) is 7.05 Å². The first-order valence-electron chi connectivity index (χ1n) is 8.58. The number of fused-ring (bicyclic) bond motifs is 1. The van der Waals surface area contributed by atoms with Crippen molar-refractivity contribution in [3.63, 3.8) is 0 Å². The van der Waals surface area contributed by atoms with Gasteiger partial charge in [0.2, 0.25) is 0 Å². The minimum Gasteiger partial charge on any atom is -0.497 e. The molecule has 0 fully saturated rings. The van der Waals surface area contributed by atoms with Gasteiger partial charge in [-0.25, -0.2) is 4.98 Å². The van der Waals surface area contributed by atoms with Gasteiger partial charge in [0.25, 0.3) is 5.56 Å². The van der Waals surface area contributed by atoms with Crippen molar-refractivity contribution in [2.45, 2.75) is 0 Å². The van der Waals surface area contributed by atoms with E-state index in [1.807, 2.05) is 24.3 Å². The Bertz CT molecular complexity index is 1190. The molecule has 0 saturated heterocycles. The molecule has 0 aliphatic heterocycles. The third-order valence-corrected chi connectivity index (χ3v) is 4.37. The van der Waals surface area contributed by atoms with Crippen LogP contribution in [-0.2, 0) is 7.05 Å². The lowest BCUT2D eigenvalue weighted by molar-refractivity contribution is 0.395. The normalized spacial score (nSPS) is 10.8. The molecule has 1 N–H and O–H groups in total. The van der Waals surface area contributed by atoms with Crippen molar-refractivity contribution in [2.75, 3.05) is 19.5 Å². The maximum atomic E-state index is 13.0. The van der Waals surface area contributed by atoms with Gasteiger partial charge in [-0.3, -0.25) is 14.0 Å². The molecule has 0 aliphatic rings. The molecular weight excluding hydrogens is 358 g/mol. The van der Waals surface area contributed by atoms with Gasteiger partial charge in [0.05, 0.1) is 37.0 Å². The van der Waals surface area contributed by atoms with Gasteiger partial charge in [0, 0.05) is 42.8 Å². The number of nitrogens with zero attached hydrogens (tertiary/aromatic N) is 4. The second-order valence-corrected chi connectivity index (χ2v) is 6.25. The van der Waals surface area contributed by atoms with Crippen molar-refractivity contribution in [1.82, 2.24) is 19.3 Å². The van der Waals surface area contributed by atoms with Gasteiger partial charge in [-0.15, -0.1) is 0 Å². The molecule has 4 aromatic rings. The zero-order valence-corrected chi connectivity index (χ0v) is 15.7. The molecule has 0 aliphatic carbocycles. The molecule has 0 saturated carbocycles. The molecule has 2 heterocycles. The van der Waals surface area contributed by atoms with E-state index in [4.69, 9.17) is 9.47 Å².